The zero-order chi connectivity index (χ0) is 14.6. The molecule has 1 aromatic heterocycles. The van der Waals surface area contributed by atoms with Crippen molar-refractivity contribution in [3.8, 4) is 0 Å². The topological polar surface area (TPSA) is 62.3 Å². The molecule has 21 heavy (non-hydrogen) atoms. The lowest BCUT2D eigenvalue weighted by Gasteiger charge is -2.23. The van der Waals surface area contributed by atoms with Crippen molar-refractivity contribution in [1.29, 1.82) is 0 Å². The minimum atomic E-state index is -0.567. The number of carbonyl (C=O) groups is 2. The standard InChI is InChI=1S/C16H13N3O2/c1-9-4-2-6-11-13(9)14(15(20)18-11)19-8-12-10(16(19)21)5-3-7-17-12/h2-7,14H,8H2,1H3,(H,18,20). The van der Waals surface area contributed by atoms with E-state index in [0.29, 0.717) is 12.1 Å². The van der Waals surface area contributed by atoms with E-state index in [-0.39, 0.29) is 11.8 Å². The van der Waals surface area contributed by atoms with Crippen LogP contribution in [0.15, 0.2) is 36.5 Å². The van der Waals surface area contributed by atoms with Gasteiger partial charge in [-0.25, -0.2) is 0 Å². The summed E-state index contributed by atoms with van der Waals surface area (Å²) >= 11 is 0. The Morgan fingerprint density at radius 2 is 2.10 bits per heavy atom. The van der Waals surface area contributed by atoms with Crippen LogP contribution in [0.2, 0.25) is 0 Å². The number of nitrogens with one attached hydrogen (secondary N) is 1. The van der Waals surface area contributed by atoms with Crippen molar-refractivity contribution in [2.24, 2.45) is 0 Å². The number of fused-ring (bicyclic) bond motifs is 2. The number of benzene rings is 1. The normalized spacial score (nSPS) is 19.5. The number of hydrogen-bond donors (Lipinski definition) is 1. The third kappa shape index (κ3) is 1.60. The first-order valence-corrected chi connectivity index (χ1v) is 6.82. The van der Waals surface area contributed by atoms with E-state index in [1.807, 2.05) is 25.1 Å². The molecule has 0 bridgehead atoms. The van der Waals surface area contributed by atoms with Gasteiger partial charge in [0, 0.05) is 17.4 Å². The number of anilines is 1. The largest absolute Gasteiger partial charge is 0.324 e. The van der Waals surface area contributed by atoms with Gasteiger partial charge in [-0.15, -0.1) is 0 Å². The SMILES string of the molecule is Cc1cccc2c1C(N1Cc3ncccc3C1=O)C(=O)N2. The van der Waals surface area contributed by atoms with Gasteiger partial charge in [-0.2, -0.15) is 0 Å². The third-order valence-corrected chi connectivity index (χ3v) is 4.12. The highest BCUT2D eigenvalue weighted by atomic mass is 16.2. The van der Waals surface area contributed by atoms with Crippen LogP contribution in [0.1, 0.15) is 33.2 Å². The molecule has 0 saturated heterocycles. The van der Waals surface area contributed by atoms with Crippen molar-refractivity contribution < 1.29 is 9.59 Å². The van der Waals surface area contributed by atoms with Crippen molar-refractivity contribution in [2.75, 3.05) is 5.32 Å². The first kappa shape index (κ1) is 12.1. The summed E-state index contributed by atoms with van der Waals surface area (Å²) in [6.07, 6.45) is 1.67. The number of carbonyl (C=O) groups excluding carboxylic acids is 2. The molecule has 0 aliphatic carbocycles. The Bertz CT molecular complexity index is 785. The van der Waals surface area contributed by atoms with E-state index in [0.717, 1.165) is 22.5 Å². The molecule has 5 heteroatoms. The maximum absolute atomic E-state index is 12.6. The molecular weight excluding hydrogens is 266 g/mol. The molecule has 3 heterocycles. The number of pyridine rings is 1. The van der Waals surface area contributed by atoms with Gasteiger partial charge in [-0.3, -0.25) is 14.6 Å². The van der Waals surface area contributed by atoms with Crippen LogP contribution in [0.25, 0.3) is 0 Å². The van der Waals surface area contributed by atoms with Crippen molar-refractivity contribution in [2.45, 2.75) is 19.5 Å². The molecule has 104 valence electrons. The molecule has 1 atom stereocenters. The molecule has 2 aliphatic heterocycles. The first-order chi connectivity index (χ1) is 10.2. The van der Waals surface area contributed by atoms with Crippen LogP contribution in [0.3, 0.4) is 0 Å². The van der Waals surface area contributed by atoms with E-state index in [4.69, 9.17) is 0 Å². The number of aryl methyl sites for hydroxylation is 1. The second-order valence-corrected chi connectivity index (χ2v) is 5.36. The average molecular weight is 279 g/mol. The summed E-state index contributed by atoms with van der Waals surface area (Å²) in [6.45, 7) is 2.33. The number of aromatic nitrogens is 1. The molecule has 0 fully saturated rings. The minimum absolute atomic E-state index is 0.130. The number of amides is 2. The summed E-state index contributed by atoms with van der Waals surface area (Å²) in [4.78, 5) is 30.7. The quantitative estimate of drug-likeness (QED) is 0.869. The Balaban J connectivity index is 1.80. The van der Waals surface area contributed by atoms with Crippen LogP contribution in [-0.4, -0.2) is 21.7 Å². The summed E-state index contributed by atoms with van der Waals surface area (Å²) < 4.78 is 0. The van der Waals surface area contributed by atoms with E-state index in [2.05, 4.69) is 10.3 Å². The molecule has 0 spiro atoms. The van der Waals surface area contributed by atoms with Gasteiger partial charge in [0.15, 0.2) is 0 Å². The minimum Gasteiger partial charge on any atom is -0.324 e. The Morgan fingerprint density at radius 3 is 2.90 bits per heavy atom. The molecule has 0 saturated carbocycles. The zero-order valence-corrected chi connectivity index (χ0v) is 11.5. The lowest BCUT2D eigenvalue weighted by Crippen LogP contribution is -2.33. The van der Waals surface area contributed by atoms with Gasteiger partial charge < -0.3 is 10.2 Å². The molecule has 1 N–H and O–H groups in total. The van der Waals surface area contributed by atoms with Gasteiger partial charge in [0.05, 0.1) is 17.8 Å². The summed E-state index contributed by atoms with van der Waals surface area (Å²) in [6, 6.07) is 8.66. The molecule has 1 unspecified atom stereocenters. The second-order valence-electron chi connectivity index (χ2n) is 5.36. The van der Waals surface area contributed by atoms with Crippen LogP contribution in [0, 0.1) is 6.92 Å². The van der Waals surface area contributed by atoms with E-state index < -0.39 is 6.04 Å². The molecule has 2 aromatic rings. The van der Waals surface area contributed by atoms with Crippen LogP contribution in [0.4, 0.5) is 5.69 Å². The monoisotopic (exact) mass is 279 g/mol. The van der Waals surface area contributed by atoms with Crippen LogP contribution in [-0.2, 0) is 11.3 Å². The lowest BCUT2D eigenvalue weighted by molar-refractivity contribution is -0.120. The van der Waals surface area contributed by atoms with Gasteiger partial charge >= 0.3 is 0 Å². The Kier molecular flexibility index (Phi) is 2.39. The van der Waals surface area contributed by atoms with Gasteiger partial charge in [-0.1, -0.05) is 12.1 Å². The molecular formula is C16H13N3O2. The molecule has 4 rings (SSSR count). The molecule has 2 aliphatic rings. The number of nitrogens with zero attached hydrogens (tertiary/aromatic N) is 2. The van der Waals surface area contributed by atoms with Gasteiger partial charge in [0.25, 0.3) is 11.8 Å². The van der Waals surface area contributed by atoms with Crippen molar-refractivity contribution in [3.63, 3.8) is 0 Å². The summed E-state index contributed by atoms with van der Waals surface area (Å²) in [5.74, 6) is -0.283. The van der Waals surface area contributed by atoms with Gasteiger partial charge in [-0.05, 0) is 30.7 Å². The van der Waals surface area contributed by atoms with Crippen LogP contribution < -0.4 is 5.32 Å². The summed E-state index contributed by atoms with van der Waals surface area (Å²) in [5, 5.41) is 2.86. The Labute approximate surface area is 121 Å². The van der Waals surface area contributed by atoms with E-state index in [1.54, 1.807) is 23.2 Å². The molecule has 5 nitrogen and oxygen atoms in total. The van der Waals surface area contributed by atoms with E-state index >= 15 is 0 Å². The van der Waals surface area contributed by atoms with Crippen molar-refractivity contribution >= 4 is 17.5 Å². The predicted molar refractivity (Wildman–Crippen MR) is 76.7 cm³/mol. The van der Waals surface area contributed by atoms with E-state index in [1.165, 1.54) is 0 Å². The van der Waals surface area contributed by atoms with Crippen LogP contribution >= 0.6 is 0 Å². The van der Waals surface area contributed by atoms with Gasteiger partial charge in [0.2, 0.25) is 0 Å². The first-order valence-electron chi connectivity index (χ1n) is 6.82. The summed E-state index contributed by atoms with van der Waals surface area (Å²) in [7, 11) is 0. The fraction of sp³-hybridized carbons (Fsp3) is 0.188. The van der Waals surface area contributed by atoms with Gasteiger partial charge in [0.1, 0.15) is 6.04 Å². The lowest BCUT2D eigenvalue weighted by atomic mass is 10.0. The summed E-state index contributed by atoms with van der Waals surface area (Å²) in [5.41, 5.74) is 4.02. The van der Waals surface area contributed by atoms with Crippen molar-refractivity contribution in [1.82, 2.24) is 9.88 Å². The zero-order valence-electron chi connectivity index (χ0n) is 11.5. The fourth-order valence-electron chi connectivity index (χ4n) is 3.14. The maximum atomic E-state index is 12.6. The predicted octanol–water partition coefficient (Wildman–Crippen LogP) is 2.04. The molecule has 1 aromatic carbocycles. The highest BCUT2D eigenvalue weighted by Crippen LogP contribution is 2.40. The Morgan fingerprint density at radius 1 is 1.24 bits per heavy atom. The fourth-order valence-corrected chi connectivity index (χ4v) is 3.14. The average Bonchev–Trinajstić information content (AvgIpc) is 2.97. The van der Waals surface area contributed by atoms with E-state index in [9.17, 15) is 9.59 Å². The molecule has 2 amide bonds. The Hall–Kier alpha value is -2.69. The maximum Gasteiger partial charge on any atom is 0.257 e. The number of hydrogen-bond acceptors (Lipinski definition) is 3. The highest BCUT2D eigenvalue weighted by Gasteiger charge is 2.42. The smallest absolute Gasteiger partial charge is 0.257 e. The second kappa shape index (κ2) is 4.15. The number of rotatable bonds is 1. The highest BCUT2D eigenvalue weighted by molar-refractivity contribution is 6.07. The molecule has 0 radical (unpaired) electrons. The van der Waals surface area contributed by atoms with Crippen molar-refractivity contribution in [3.05, 3.63) is 58.9 Å². The van der Waals surface area contributed by atoms with Crippen LogP contribution in [0.5, 0.6) is 0 Å². The third-order valence-electron chi connectivity index (χ3n) is 4.12.